The number of aromatic amines is 1. The third-order valence-electron chi connectivity index (χ3n) is 6.12. The Kier molecular flexibility index (Phi) is 5.87. The fourth-order valence-electron chi connectivity index (χ4n) is 4.24. The van der Waals surface area contributed by atoms with Crippen LogP contribution in [0.4, 0.5) is 14.5 Å². The Morgan fingerprint density at radius 3 is 2.66 bits per heavy atom. The number of fused-ring (bicyclic) bond motifs is 1. The van der Waals surface area contributed by atoms with Gasteiger partial charge in [0.2, 0.25) is 0 Å². The van der Waals surface area contributed by atoms with Gasteiger partial charge in [0.25, 0.3) is 10.0 Å². The van der Waals surface area contributed by atoms with E-state index < -0.39 is 15.8 Å². The molecule has 0 bridgehead atoms. The molecule has 0 radical (unpaired) electrons. The van der Waals surface area contributed by atoms with Crippen molar-refractivity contribution in [2.45, 2.75) is 57.0 Å². The zero-order chi connectivity index (χ0) is 20.4. The van der Waals surface area contributed by atoms with Crippen LogP contribution in [0.1, 0.15) is 43.4 Å². The van der Waals surface area contributed by atoms with Crippen molar-refractivity contribution >= 4 is 15.7 Å². The average molecular weight is 425 g/mol. The molecular weight excluding hydrogens is 398 g/mol. The van der Waals surface area contributed by atoms with Gasteiger partial charge in [-0.3, -0.25) is 0 Å². The maximum atomic E-state index is 13.4. The van der Waals surface area contributed by atoms with Crippen molar-refractivity contribution in [2.24, 2.45) is 5.92 Å². The van der Waals surface area contributed by atoms with E-state index in [1.54, 1.807) is 12.5 Å². The molecule has 1 fully saturated rings. The molecule has 0 amide bonds. The van der Waals surface area contributed by atoms with Gasteiger partial charge in [-0.25, -0.2) is 13.4 Å². The van der Waals surface area contributed by atoms with Gasteiger partial charge in [0.05, 0.1) is 18.6 Å². The summed E-state index contributed by atoms with van der Waals surface area (Å²) in [6, 6.07) is 7.29. The van der Waals surface area contributed by atoms with Crippen LogP contribution < -0.4 is 4.90 Å². The van der Waals surface area contributed by atoms with Crippen LogP contribution in [0.3, 0.4) is 0 Å². The maximum Gasteiger partial charge on any atom is 0.350 e. The first-order valence-corrected chi connectivity index (χ1v) is 11.5. The molecule has 4 rings (SSSR count). The van der Waals surface area contributed by atoms with Crippen molar-refractivity contribution in [1.82, 2.24) is 14.3 Å². The van der Waals surface area contributed by atoms with E-state index in [0.29, 0.717) is 12.5 Å². The van der Waals surface area contributed by atoms with Gasteiger partial charge >= 0.3 is 5.76 Å². The first kappa shape index (κ1) is 20.3. The van der Waals surface area contributed by atoms with Crippen molar-refractivity contribution in [2.75, 3.05) is 11.4 Å². The number of benzene rings is 1. The lowest BCUT2D eigenvalue weighted by Gasteiger charge is -2.35. The van der Waals surface area contributed by atoms with Gasteiger partial charge in [-0.05, 0) is 30.4 Å². The van der Waals surface area contributed by atoms with E-state index in [4.69, 9.17) is 0 Å². The van der Waals surface area contributed by atoms with Crippen molar-refractivity contribution in [1.29, 1.82) is 0 Å². The number of hydrogen-bond acceptors (Lipinski definition) is 4. The van der Waals surface area contributed by atoms with Crippen LogP contribution >= 0.6 is 0 Å². The first-order chi connectivity index (χ1) is 13.9. The largest absolute Gasteiger partial charge is 0.361 e. The number of rotatable bonds is 7. The highest BCUT2D eigenvalue weighted by Gasteiger charge is 2.38. The highest BCUT2D eigenvalue weighted by atomic mass is 32.2. The predicted molar refractivity (Wildman–Crippen MR) is 107 cm³/mol. The molecule has 29 heavy (non-hydrogen) atoms. The zero-order valence-corrected chi connectivity index (χ0v) is 17.0. The Balaban J connectivity index is 1.69. The highest BCUT2D eigenvalue weighted by molar-refractivity contribution is 7.89. The predicted octanol–water partition coefficient (Wildman–Crippen LogP) is 3.73. The van der Waals surface area contributed by atoms with E-state index in [1.165, 1.54) is 19.3 Å². The molecule has 6 nitrogen and oxygen atoms in total. The van der Waals surface area contributed by atoms with E-state index in [-0.39, 0.29) is 19.1 Å². The van der Waals surface area contributed by atoms with Gasteiger partial charge in [0.15, 0.2) is 0 Å². The summed E-state index contributed by atoms with van der Waals surface area (Å²) in [5.74, 6) is -2.76. The van der Waals surface area contributed by atoms with Crippen molar-refractivity contribution in [3.05, 3.63) is 48.0 Å². The minimum atomic E-state index is -4.66. The molecule has 1 aliphatic heterocycles. The molecule has 1 aliphatic carbocycles. The van der Waals surface area contributed by atoms with Crippen LogP contribution in [0.2, 0.25) is 0 Å². The van der Waals surface area contributed by atoms with Crippen LogP contribution in [0.25, 0.3) is 0 Å². The van der Waals surface area contributed by atoms with Crippen molar-refractivity contribution in [3.63, 3.8) is 0 Å². The summed E-state index contributed by atoms with van der Waals surface area (Å²) in [5.41, 5.74) is 2.54. The molecule has 0 spiro atoms. The number of nitrogens with zero attached hydrogens (tertiary/aromatic N) is 3. The number of sulfonamides is 1. The molecule has 1 aromatic heterocycles. The number of para-hydroxylation sites is 1. The summed E-state index contributed by atoms with van der Waals surface area (Å²) < 4.78 is 52.4. The highest BCUT2D eigenvalue weighted by Crippen LogP contribution is 2.36. The summed E-state index contributed by atoms with van der Waals surface area (Å²) in [6.07, 6.45) is 8.73. The zero-order valence-electron chi connectivity index (χ0n) is 16.2. The van der Waals surface area contributed by atoms with E-state index >= 15 is 0 Å². The topological polar surface area (TPSA) is 69.3 Å². The summed E-state index contributed by atoms with van der Waals surface area (Å²) in [6.45, 7) is 0.541. The SMILES string of the molecule is O=S(=O)(C(F)F)N1Cc2ccccc2N(Cc2cnc[nH]2)[C@H](CCC2CCC2)C1. The van der Waals surface area contributed by atoms with Gasteiger partial charge in [-0.2, -0.15) is 13.1 Å². The average Bonchev–Trinajstić information content (AvgIpc) is 3.11. The summed E-state index contributed by atoms with van der Waals surface area (Å²) in [5, 5.41) is 0. The number of alkyl halides is 2. The monoisotopic (exact) mass is 424 g/mol. The lowest BCUT2D eigenvalue weighted by Crippen LogP contribution is -2.45. The van der Waals surface area contributed by atoms with Gasteiger partial charge < -0.3 is 9.88 Å². The summed E-state index contributed by atoms with van der Waals surface area (Å²) in [7, 11) is -4.66. The molecular formula is C20H26F2N4O2S. The number of aromatic nitrogens is 2. The van der Waals surface area contributed by atoms with E-state index in [0.717, 1.165) is 34.1 Å². The molecule has 1 atom stereocenters. The molecule has 158 valence electrons. The van der Waals surface area contributed by atoms with Crippen LogP contribution in [0.15, 0.2) is 36.8 Å². The number of halogens is 2. The smallest absolute Gasteiger partial charge is 0.350 e. The normalized spacial score (nSPS) is 21.1. The molecule has 9 heteroatoms. The maximum absolute atomic E-state index is 13.4. The van der Waals surface area contributed by atoms with Crippen LogP contribution in [-0.2, 0) is 23.1 Å². The van der Waals surface area contributed by atoms with E-state index in [9.17, 15) is 17.2 Å². The quantitative estimate of drug-likeness (QED) is 0.735. The number of imidazole rings is 1. The van der Waals surface area contributed by atoms with Gasteiger partial charge in [0.1, 0.15) is 0 Å². The minimum Gasteiger partial charge on any atom is -0.361 e. The molecule has 0 unspecified atom stereocenters. The number of anilines is 1. The molecule has 2 heterocycles. The Bertz CT molecular complexity index is 916. The lowest BCUT2D eigenvalue weighted by molar-refractivity contribution is 0.214. The third-order valence-corrected chi connectivity index (χ3v) is 7.56. The fourth-order valence-corrected chi connectivity index (χ4v) is 5.17. The Labute approximate surface area is 170 Å². The number of nitrogens with one attached hydrogen (secondary N) is 1. The lowest BCUT2D eigenvalue weighted by atomic mass is 9.81. The van der Waals surface area contributed by atoms with Crippen molar-refractivity contribution < 1.29 is 17.2 Å². The van der Waals surface area contributed by atoms with Crippen molar-refractivity contribution in [3.8, 4) is 0 Å². The first-order valence-electron chi connectivity index (χ1n) is 10.0. The van der Waals surface area contributed by atoms with Gasteiger partial charge in [0, 0.05) is 31.0 Å². The molecule has 1 aromatic carbocycles. The fraction of sp³-hybridized carbons (Fsp3) is 0.550. The third kappa shape index (κ3) is 4.30. The molecule has 2 aromatic rings. The summed E-state index contributed by atoms with van der Waals surface area (Å²) in [4.78, 5) is 9.33. The Hall–Kier alpha value is -2.00. The standard InChI is InChI=1S/C20H26F2N4O2S/c21-20(22)29(27,28)25-11-16-6-1-2-7-19(16)26(12-17-10-23-14-24-17)18(13-25)9-8-15-4-3-5-15/h1-2,6-7,10,14-15,18,20H,3-5,8-9,11-13H2,(H,23,24)/t18-/m1/s1. The second-order valence-corrected chi connectivity index (χ2v) is 9.86. The molecule has 0 saturated heterocycles. The molecule has 2 aliphatic rings. The second-order valence-electron chi connectivity index (χ2n) is 7.96. The van der Waals surface area contributed by atoms with Crippen LogP contribution in [0, 0.1) is 5.92 Å². The second kappa shape index (κ2) is 8.39. The van der Waals surface area contributed by atoms with E-state index in [1.807, 2.05) is 24.3 Å². The number of H-pyrrole nitrogens is 1. The minimum absolute atomic E-state index is 0.0394. The molecule has 1 saturated carbocycles. The van der Waals surface area contributed by atoms with Gasteiger partial charge in [-0.15, -0.1) is 0 Å². The number of hydrogen-bond donors (Lipinski definition) is 1. The Morgan fingerprint density at radius 2 is 2.00 bits per heavy atom. The Morgan fingerprint density at radius 1 is 1.21 bits per heavy atom. The van der Waals surface area contributed by atoms with Gasteiger partial charge in [-0.1, -0.05) is 37.5 Å². The summed E-state index contributed by atoms with van der Waals surface area (Å²) >= 11 is 0. The van der Waals surface area contributed by atoms with E-state index in [2.05, 4.69) is 14.9 Å². The molecule has 1 N–H and O–H groups in total. The van der Waals surface area contributed by atoms with Crippen LogP contribution in [-0.4, -0.2) is 41.0 Å². The van der Waals surface area contributed by atoms with Crippen LogP contribution in [0.5, 0.6) is 0 Å².